The van der Waals surface area contributed by atoms with Crippen molar-refractivity contribution in [2.75, 3.05) is 13.2 Å². The standard InChI is InChI=1S/C9H16N3O3P/c1-4-8(13)9-10-7-11-16(12-9,14-5-2)15-6-3/h7H,4-6H2,1-3H3. The lowest BCUT2D eigenvalue weighted by molar-refractivity contribution is -0.112. The molecule has 16 heavy (non-hydrogen) atoms. The van der Waals surface area contributed by atoms with Gasteiger partial charge in [0.05, 0.1) is 13.2 Å². The summed E-state index contributed by atoms with van der Waals surface area (Å²) >= 11 is 0. The Balaban J connectivity index is 3.02. The largest absolute Gasteiger partial charge is 0.344 e. The van der Waals surface area contributed by atoms with Crippen LogP contribution in [0.3, 0.4) is 0 Å². The average Bonchev–Trinajstić information content (AvgIpc) is 2.29. The van der Waals surface area contributed by atoms with Crippen molar-refractivity contribution in [3.05, 3.63) is 0 Å². The van der Waals surface area contributed by atoms with E-state index in [-0.39, 0.29) is 11.6 Å². The van der Waals surface area contributed by atoms with Gasteiger partial charge in [-0.05, 0) is 13.8 Å². The molecule has 0 spiro atoms. The number of ketones is 1. The summed E-state index contributed by atoms with van der Waals surface area (Å²) in [5.41, 5.74) is 0. The third-order valence-electron chi connectivity index (χ3n) is 1.76. The van der Waals surface area contributed by atoms with E-state index >= 15 is 0 Å². The maximum absolute atomic E-state index is 11.5. The van der Waals surface area contributed by atoms with E-state index < -0.39 is 7.66 Å². The quantitative estimate of drug-likeness (QED) is 0.674. The van der Waals surface area contributed by atoms with Crippen molar-refractivity contribution in [1.82, 2.24) is 0 Å². The number of carbonyl (C=O) groups is 1. The Morgan fingerprint density at radius 2 is 1.94 bits per heavy atom. The highest BCUT2D eigenvalue weighted by molar-refractivity contribution is 7.55. The monoisotopic (exact) mass is 245 g/mol. The Morgan fingerprint density at radius 1 is 1.31 bits per heavy atom. The first-order chi connectivity index (χ1) is 7.67. The second-order valence-corrected chi connectivity index (χ2v) is 4.81. The second-order valence-electron chi connectivity index (χ2n) is 2.89. The van der Waals surface area contributed by atoms with Crippen molar-refractivity contribution >= 4 is 25.6 Å². The molecule has 1 heterocycles. The predicted octanol–water partition coefficient (Wildman–Crippen LogP) is 2.43. The van der Waals surface area contributed by atoms with Crippen molar-refractivity contribution in [1.29, 1.82) is 0 Å². The third-order valence-corrected chi connectivity index (χ3v) is 3.79. The molecule has 90 valence electrons. The zero-order valence-corrected chi connectivity index (χ0v) is 10.6. The van der Waals surface area contributed by atoms with E-state index in [0.29, 0.717) is 19.6 Å². The van der Waals surface area contributed by atoms with Gasteiger partial charge in [0.2, 0.25) is 5.84 Å². The zero-order chi connectivity index (χ0) is 12.0. The van der Waals surface area contributed by atoms with Gasteiger partial charge in [-0.3, -0.25) is 4.79 Å². The summed E-state index contributed by atoms with van der Waals surface area (Å²) in [5, 5.41) is 0. The van der Waals surface area contributed by atoms with Crippen LogP contribution in [0.2, 0.25) is 0 Å². The summed E-state index contributed by atoms with van der Waals surface area (Å²) in [6.45, 7) is 6.29. The summed E-state index contributed by atoms with van der Waals surface area (Å²) in [7, 11) is -2.67. The Bertz CT molecular complexity index is 366. The number of carbonyl (C=O) groups excluding carboxylic acids is 1. The van der Waals surface area contributed by atoms with E-state index in [4.69, 9.17) is 9.05 Å². The predicted molar refractivity (Wildman–Crippen MR) is 63.8 cm³/mol. The number of aliphatic imine (C=N–C) groups is 1. The van der Waals surface area contributed by atoms with Gasteiger partial charge in [0.15, 0.2) is 5.78 Å². The third kappa shape index (κ3) is 3.07. The van der Waals surface area contributed by atoms with Crippen LogP contribution in [-0.4, -0.2) is 31.2 Å². The van der Waals surface area contributed by atoms with Crippen molar-refractivity contribution in [2.45, 2.75) is 27.2 Å². The van der Waals surface area contributed by atoms with Gasteiger partial charge >= 0.3 is 7.66 Å². The normalized spacial score (nSPS) is 17.8. The number of amidine groups is 1. The minimum atomic E-state index is -2.67. The number of rotatable bonds is 6. The molecule has 0 aliphatic carbocycles. The lowest BCUT2D eigenvalue weighted by atomic mass is 10.3. The van der Waals surface area contributed by atoms with Gasteiger partial charge in [0, 0.05) is 6.42 Å². The molecule has 0 aromatic heterocycles. The van der Waals surface area contributed by atoms with Crippen LogP contribution in [0.1, 0.15) is 27.2 Å². The first-order valence-electron chi connectivity index (χ1n) is 5.24. The first-order valence-corrected chi connectivity index (χ1v) is 6.77. The van der Waals surface area contributed by atoms with E-state index in [1.165, 1.54) is 6.34 Å². The summed E-state index contributed by atoms with van der Waals surface area (Å²) < 4.78 is 19.0. The van der Waals surface area contributed by atoms with E-state index in [0.717, 1.165) is 0 Å². The summed E-state index contributed by atoms with van der Waals surface area (Å²) in [4.78, 5) is 15.3. The molecule has 0 bridgehead atoms. The summed E-state index contributed by atoms with van der Waals surface area (Å²) in [6, 6.07) is 0. The van der Waals surface area contributed by atoms with Crippen LogP contribution in [-0.2, 0) is 13.8 Å². The highest BCUT2D eigenvalue weighted by Gasteiger charge is 2.25. The van der Waals surface area contributed by atoms with Crippen LogP contribution in [0.4, 0.5) is 0 Å². The van der Waals surface area contributed by atoms with E-state index in [2.05, 4.69) is 14.5 Å². The molecule has 1 aliphatic heterocycles. The Morgan fingerprint density at radius 3 is 2.44 bits per heavy atom. The molecule has 7 heteroatoms. The Labute approximate surface area is 95.1 Å². The Kier molecular flexibility index (Phi) is 4.99. The molecule has 0 amide bonds. The maximum Gasteiger partial charge on any atom is 0.344 e. The van der Waals surface area contributed by atoms with Crippen LogP contribution in [0.5, 0.6) is 0 Å². The highest BCUT2D eigenvalue weighted by atomic mass is 31.2. The van der Waals surface area contributed by atoms with Crippen molar-refractivity contribution in [3.63, 3.8) is 0 Å². The molecule has 0 saturated carbocycles. The van der Waals surface area contributed by atoms with Gasteiger partial charge in [0.25, 0.3) is 0 Å². The van der Waals surface area contributed by atoms with Crippen molar-refractivity contribution in [2.24, 2.45) is 14.5 Å². The molecular formula is C9H16N3O3P. The van der Waals surface area contributed by atoms with Crippen molar-refractivity contribution in [3.8, 4) is 0 Å². The molecule has 1 aliphatic rings. The van der Waals surface area contributed by atoms with Gasteiger partial charge in [-0.25, -0.2) is 4.99 Å². The fourth-order valence-electron chi connectivity index (χ4n) is 1.10. The molecule has 0 N–H and O–H groups in total. The van der Waals surface area contributed by atoms with E-state index in [9.17, 15) is 4.79 Å². The second kappa shape index (κ2) is 6.03. The van der Waals surface area contributed by atoms with E-state index in [1.807, 2.05) is 13.8 Å². The average molecular weight is 245 g/mol. The molecule has 0 unspecified atom stereocenters. The van der Waals surface area contributed by atoms with Crippen LogP contribution < -0.4 is 0 Å². The van der Waals surface area contributed by atoms with E-state index in [1.54, 1.807) is 6.92 Å². The Hall–Kier alpha value is -0.840. The first kappa shape index (κ1) is 13.2. The molecule has 0 aromatic rings. The van der Waals surface area contributed by atoms with Gasteiger partial charge < -0.3 is 9.05 Å². The molecule has 0 atom stereocenters. The van der Waals surface area contributed by atoms with Crippen LogP contribution in [0.15, 0.2) is 14.5 Å². The molecule has 6 nitrogen and oxygen atoms in total. The lowest BCUT2D eigenvalue weighted by Gasteiger charge is -2.19. The molecular weight excluding hydrogens is 229 g/mol. The van der Waals surface area contributed by atoms with Crippen molar-refractivity contribution < 1.29 is 13.8 Å². The number of hydrogen-bond acceptors (Lipinski definition) is 6. The fourth-order valence-corrected chi connectivity index (χ4v) is 2.73. The molecule has 1 rings (SSSR count). The fraction of sp³-hybridized carbons (Fsp3) is 0.667. The molecule has 0 aromatic carbocycles. The highest BCUT2D eigenvalue weighted by Crippen LogP contribution is 2.54. The van der Waals surface area contributed by atoms with Gasteiger partial charge in [-0.2, -0.15) is 9.51 Å². The van der Waals surface area contributed by atoms with Gasteiger partial charge in [0.1, 0.15) is 6.34 Å². The van der Waals surface area contributed by atoms with Crippen LogP contribution >= 0.6 is 7.66 Å². The molecule has 0 saturated heterocycles. The molecule has 0 radical (unpaired) electrons. The topological polar surface area (TPSA) is 72.6 Å². The molecule has 0 fully saturated rings. The lowest BCUT2D eigenvalue weighted by Crippen LogP contribution is -2.13. The smallest absolute Gasteiger partial charge is 0.307 e. The van der Waals surface area contributed by atoms with Gasteiger partial charge in [-0.1, -0.05) is 6.92 Å². The van der Waals surface area contributed by atoms with Gasteiger partial charge in [-0.15, -0.1) is 0 Å². The minimum absolute atomic E-state index is 0.130. The number of hydrogen-bond donors (Lipinski definition) is 0. The van der Waals surface area contributed by atoms with Crippen LogP contribution in [0, 0.1) is 0 Å². The SMILES string of the molecule is CCOP1(OCC)=NC(C(=O)CC)=NC=N1. The van der Waals surface area contributed by atoms with Crippen LogP contribution in [0.25, 0.3) is 0 Å². The summed E-state index contributed by atoms with van der Waals surface area (Å²) in [5.74, 6) is 0.0164. The minimum Gasteiger partial charge on any atom is -0.307 e. The maximum atomic E-state index is 11.5. The number of Topliss-reactive ketones (excluding diaryl/α,β-unsaturated/α-hetero) is 1. The zero-order valence-electron chi connectivity index (χ0n) is 9.71. The number of nitrogens with zero attached hydrogens (tertiary/aromatic N) is 3. The summed E-state index contributed by atoms with van der Waals surface area (Å²) in [6.07, 6.45) is 1.66.